The fourth-order valence-corrected chi connectivity index (χ4v) is 1.65. The van der Waals surface area contributed by atoms with Gasteiger partial charge in [0.25, 0.3) is 0 Å². The zero-order chi connectivity index (χ0) is 8.81. The molecule has 0 aliphatic heterocycles. The van der Waals surface area contributed by atoms with Crippen molar-refractivity contribution < 1.29 is 0 Å². The van der Waals surface area contributed by atoms with Gasteiger partial charge in [0.1, 0.15) is 0 Å². The topological polar surface area (TPSA) is 30.9 Å². The highest BCUT2D eigenvalue weighted by molar-refractivity contribution is 7.98. The molecule has 0 unspecified atom stereocenters. The Morgan fingerprint density at radius 3 is 3.08 bits per heavy atom. The first-order valence-electron chi connectivity index (χ1n) is 4.21. The van der Waals surface area contributed by atoms with Crippen molar-refractivity contribution in [2.75, 3.05) is 12.0 Å². The van der Waals surface area contributed by atoms with E-state index in [1.165, 1.54) is 17.9 Å². The maximum absolute atomic E-state index is 5.57. The van der Waals surface area contributed by atoms with Crippen LogP contribution in [0.1, 0.15) is 12.1 Å². The van der Waals surface area contributed by atoms with Gasteiger partial charge in [0.05, 0.1) is 0 Å². The zero-order valence-corrected chi connectivity index (χ0v) is 8.31. The molecule has 3 heteroatoms. The van der Waals surface area contributed by atoms with Gasteiger partial charge in [-0.05, 0) is 30.6 Å². The van der Waals surface area contributed by atoms with Crippen LogP contribution < -0.4 is 5.73 Å². The largest absolute Gasteiger partial charge is 0.350 e. The number of hydrogen-bond donors (Lipinski definition) is 1. The molecule has 0 amide bonds. The smallest absolute Gasteiger partial charge is 0.0334 e. The van der Waals surface area contributed by atoms with Crippen molar-refractivity contribution in [1.29, 1.82) is 0 Å². The third kappa shape index (κ3) is 2.57. The van der Waals surface area contributed by atoms with Crippen LogP contribution in [0.25, 0.3) is 0 Å². The van der Waals surface area contributed by atoms with Crippen LogP contribution in [-0.2, 0) is 13.1 Å². The second-order valence-corrected chi connectivity index (χ2v) is 3.73. The molecule has 0 radical (unpaired) electrons. The fourth-order valence-electron chi connectivity index (χ4n) is 1.23. The third-order valence-corrected chi connectivity index (χ3v) is 2.58. The summed E-state index contributed by atoms with van der Waals surface area (Å²) in [7, 11) is 0. The van der Waals surface area contributed by atoms with Crippen LogP contribution in [0.3, 0.4) is 0 Å². The minimum atomic E-state index is 0.645. The molecule has 2 nitrogen and oxygen atoms in total. The number of thioether (sulfide) groups is 1. The number of nitrogens with zero attached hydrogens (tertiary/aromatic N) is 1. The van der Waals surface area contributed by atoms with Crippen LogP contribution in [0.4, 0.5) is 0 Å². The van der Waals surface area contributed by atoms with Gasteiger partial charge in [0.15, 0.2) is 0 Å². The van der Waals surface area contributed by atoms with Crippen LogP contribution in [0.2, 0.25) is 0 Å². The third-order valence-electron chi connectivity index (χ3n) is 1.88. The molecule has 12 heavy (non-hydrogen) atoms. The summed E-state index contributed by atoms with van der Waals surface area (Å²) in [6.45, 7) is 1.74. The van der Waals surface area contributed by atoms with Crippen LogP contribution in [-0.4, -0.2) is 16.6 Å². The number of rotatable bonds is 5. The summed E-state index contributed by atoms with van der Waals surface area (Å²) in [4.78, 5) is 0. The fraction of sp³-hybridized carbons (Fsp3) is 0.556. The molecule has 1 rings (SSSR count). The van der Waals surface area contributed by atoms with E-state index in [1.54, 1.807) is 0 Å². The van der Waals surface area contributed by atoms with E-state index in [4.69, 9.17) is 5.73 Å². The van der Waals surface area contributed by atoms with E-state index in [-0.39, 0.29) is 0 Å². The highest BCUT2D eigenvalue weighted by Crippen LogP contribution is 2.04. The van der Waals surface area contributed by atoms with Gasteiger partial charge in [-0.25, -0.2) is 0 Å². The van der Waals surface area contributed by atoms with Gasteiger partial charge in [-0.1, -0.05) is 0 Å². The highest BCUT2D eigenvalue weighted by Gasteiger charge is 1.96. The highest BCUT2D eigenvalue weighted by atomic mass is 32.2. The van der Waals surface area contributed by atoms with Crippen molar-refractivity contribution in [3.05, 3.63) is 24.0 Å². The Morgan fingerprint density at radius 1 is 1.58 bits per heavy atom. The Morgan fingerprint density at radius 2 is 2.42 bits per heavy atom. The Kier molecular flexibility index (Phi) is 4.25. The summed E-state index contributed by atoms with van der Waals surface area (Å²) < 4.78 is 2.23. The molecule has 1 aromatic heterocycles. The summed E-state index contributed by atoms with van der Waals surface area (Å²) in [5.74, 6) is 1.22. The van der Waals surface area contributed by atoms with Crippen molar-refractivity contribution in [3.8, 4) is 0 Å². The Balaban J connectivity index is 2.39. The molecule has 0 saturated heterocycles. The average Bonchev–Trinajstić information content (AvgIpc) is 2.52. The lowest BCUT2D eigenvalue weighted by Gasteiger charge is -2.06. The SMILES string of the molecule is CSCCCn1cccc1CN. The van der Waals surface area contributed by atoms with Gasteiger partial charge in [-0.15, -0.1) is 0 Å². The molecule has 0 aliphatic carbocycles. The van der Waals surface area contributed by atoms with Crippen LogP contribution in [0, 0.1) is 0 Å². The first kappa shape index (κ1) is 9.68. The lowest BCUT2D eigenvalue weighted by atomic mass is 10.4. The normalized spacial score (nSPS) is 10.5. The summed E-state index contributed by atoms with van der Waals surface area (Å²) in [6.07, 6.45) is 5.46. The maximum Gasteiger partial charge on any atom is 0.0334 e. The number of aromatic nitrogens is 1. The summed E-state index contributed by atoms with van der Waals surface area (Å²) in [5, 5.41) is 0. The Bertz CT molecular complexity index is 220. The molecule has 0 bridgehead atoms. The van der Waals surface area contributed by atoms with E-state index in [9.17, 15) is 0 Å². The summed E-state index contributed by atoms with van der Waals surface area (Å²) in [5.41, 5.74) is 6.81. The predicted octanol–water partition coefficient (Wildman–Crippen LogP) is 1.70. The predicted molar refractivity (Wildman–Crippen MR) is 55.3 cm³/mol. The van der Waals surface area contributed by atoms with E-state index in [0.29, 0.717) is 6.54 Å². The van der Waals surface area contributed by atoms with Crippen molar-refractivity contribution in [3.63, 3.8) is 0 Å². The van der Waals surface area contributed by atoms with E-state index < -0.39 is 0 Å². The van der Waals surface area contributed by atoms with E-state index >= 15 is 0 Å². The lowest BCUT2D eigenvalue weighted by molar-refractivity contribution is 0.654. The molecule has 0 aliphatic rings. The zero-order valence-electron chi connectivity index (χ0n) is 7.49. The minimum absolute atomic E-state index is 0.645. The van der Waals surface area contributed by atoms with E-state index in [1.807, 2.05) is 11.8 Å². The van der Waals surface area contributed by atoms with Crippen molar-refractivity contribution in [2.45, 2.75) is 19.5 Å². The molecule has 0 spiro atoms. The molecule has 0 saturated carbocycles. The number of aryl methyl sites for hydroxylation is 1. The van der Waals surface area contributed by atoms with Crippen LogP contribution in [0.5, 0.6) is 0 Å². The van der Waals surface area contributed by atoms with Gasteiger partial charge < -0.3 is 10.3 Å². The molecule has 0 aromatic carbocycles. The van der Waals surface area contributed by atoms with Crippen molar-refractivity contribution in [2.24, 2.45) is 5.73 Å². The molecular weight excluding hydrogens is 168 g/mol. The molecule has 2 N–H and O–H groups in total. The van der Waals surface area contributed by atoms with Crippen molar-refractivity contribution in [1.82, 2.24) is 4.57 Å². The number of nitrogens with two attached hydrogens (primary N) is 1. The molecular formula is C9H16N2S. The quantitative estimate of drug-likeness (QED) is 0.706. The first-order valence-corrected chi connectivity index (χ1v) is 5.61. The minimum Gasteiger partial charge on any atom is -0.350 e. The average molecular weight is 184 g/mol. The first-order chi connectivity index (χ1) is 5.88. The molecule has 0 fully saturated rings. The lowest BCUT2D eigenvalue weighted by Crippen LogP contribution is -2.06. The van der Waals surface area contributed by atoms with E-state index in [2.05, 4.69) is 29.2 Å². The maximum atomic E-state index is 5.57. The Hall–Kier alpha value is -0.410. The van der Waals surface area contributed by atoms with Crippen LogP contribution in [0.15, 0.2) is 18.3 Å². The van der Waals surface area contributed by atoms with Gasteiger partial charge >= 0.3 is 0 Å². The van der Waals surface area contributed by atoms with Gasteiger partial charge in [0, 0.05) is 25.0 Å². The van der Waals surface area contributed by atoms with Gasteiger partial charge in [0.2, 0.25) is 0 Å². The summed E-state index contributed by atoms with van der Waals surface area (Å²) in [6, 6.07) is 4.14. The van der Waals surface area contributed by atoms with Gasteiger partial charge in [-0.2, -0.15) is 11.8 Å². The molecule has 68 valence electrons. The molecule has 1 heterocycles. The van der Waals surface area contributed by atoms with Crippen molar-refractivity contribution >= 4 is 11.8 Å². The Labute approximate surface area is 78.1 Å². The molecule has 0 atom stereocenters. The van der Waals surface area contributed by atoms with Crippen LogP contribution >= 0.6 is 11.8 Å². The summed E-state index contributed by atoms with van der Waals surface area (Å²) >= 11 is 1.89. The number of hydrogen-bond acceptors (Lipinski definition) is 2. The van der Waals surface area contributed by atoms with E-state index in [0.717, 1.165) is 6.54 Å². The molecule has 1 aromatic rings. The standard InChI is InChI=1S/C9H16N2S/c1-12-7-3-6-11-5-2-4-9(11)8-10/h2,4-5H,3,6-8,10H2,1H3. The second-order valence-electron chi connectivity index (χ2n) is 2.74. The monoisotopic (exact) mass is 184 g/mol. The van der Waals surface area contributed by atoms with Gasteiger partial charge in [-0.3, -0.25) is 0 Å². The second kappa shape index (κ2) is 5.27.